The maximum atomic E-state index is 12.5. The van der Waals surface area contributed by atoms with Crippen molar-refractivity contribution >= 4 is 5.91 Å². The van der Waals surface area contributed by atoms with Gasteiger partial charge in [0.25, 0.3) is 0 Å². The lowest BCUT2D eigenvalue weighted by atomic mass is 10.1. The molecule has 2 atom stereocenters. The highest BCUT2D eigenvalue weighted by molar-refractivity contribution is 5.81. The Morgan fingerprint density at radius 2 is 1.90 bits per heavy atom. The van der Waals surface area contributed by atoms with E-state index in [0.717, 1.165) is 12.1 Å². The molecular weight excluding hydrogens is 285 g/mol. The maximum absolute atomic E-state index is 12.5. The van der Waals surface area contributed by atoms with Crippen LogP contribution in [-0.4, -0.2) is 25.7 Å². The van der Waals surface area contributed by atoms with Crippen molar-refractivity contribution in [3.05, 3.63) is 35.4 Å². The van der Waals surface area contributed by atoms with Crippen LogP contribution in [-0.2, 0) is 15.7 Å². The highest BCUT2D eigenvalue weighted by Crippen LogP contribution is 2.29. The van der Waals surface area contributed by atoms with Gasteiger partial charge in [0.2, 0.25) is 5.91 Å². The fourth-order valence-electron chi connectivity index (χ4n) is 1.74. The van der Waals surface area contributed by atoms with Gasteiger partial charge in [0.1, 0.15) is 0 Å². The maximum Gasteiger partial charge on any atom is 0.416 e. The number of hydrogen-bond donors (Lipinski definition) is 2. The zero-order valence-corrected chi connectivity index (χ0v) is 11.9. The van der Waals surface area contributed by atoms with Crippen molar-refractivity contribution in [1.29, 1.82) is 0 Å². The number of nitrogens with one attached hydrogen (secondary N) is 1. The van der Waals surface area contributed by atoms with Gasteiger partial charge in [-0.15, -0.1) is 0 Å². The van der Waals surface area contributed by atoms with Gasteiger partial charge in [-0.2, -0.15) is 13.2 Å². The lowest BCUT2D eigenvalue weighted by Crippen LogP contribution is -2.42. The fourth-order valence-corrected chi connectivity index (χ4v) is 1.74. The molecule has 0 bridgehead atoms. The Morgan fingerprint density at radius 1 is 1.33 bits per heavy atom. The van der Waals surface area contributed by atoms with E-state index in [1.807, 2.05) is 0 Å². The predicted molar refractivity (Wildman–Crippen MR) is 72.5 cm³/mol. The number of alkyl halides is 3. The number of methoxy groups -OCH3 is 1. The van der Waals surface area contributed by atoms with Crippen LogP contribution in [0.4, 0.5) is 13.2 Å². The van der Waals surface area contributed by atoms with E-state index in [1.165, 1.54) is 19.2 Å². The number of hydrogen-bond acceptors (Lipinski definition) is 3. The minimum Gasteiger partial charge on any atom is -0.385 e. The Balaban J connectivity index is 2.63. The molecular formula is C14H19F3N2O2. The molecule has 0 fully saturated rings. The van der Waals surface area contributed by atoms with E-state index in [1.54, 1.807) is 6.92 Å². The zero-order valence-electron chi connectivity index (χ0n) is 11.9. The van der Waals surface area contributed by atoms with Gasteiger partial charge in [0.15, 0.2) is 0 Å². The summed E-state index contributed by atoms with van der Waals surface area (Å²) in [5, 5.41) is 2.66. The second kappa shape index (κ2) is 7.42. The van der Waals surface area contributed by atoms with Crippen LogP contribution in [0.1, 0.15) is 30.5 Å². The molecule has 0 saturated heterocycles. The normalized spacial score (nSPS) is 14.6. The molecule has 2 unspecified atom stereocenters. The van der Waals surface area contributed by atoms with Crippen molar-refractivity contribution in [1.82, 2.24) is 5.32 Å². The van der Waals surface area contributed by atoms with Gasteiger partial charge in [-0.25, -0.2) is 0 Å². The summed E-state index contributed by atoms with van der Waals surface area (Å²) in [7, 11) is 1.51. The van der Waals surface area contributed by atoms with E-state index in [-0.39, 0.29) is 5.91 Å². The third-order valence-electron chi connectivity index (χ3n) is 3.07. The molecule has 0 aliphatic rings. The summed E-state index contributed by atoms with van der Waals surface area (Å²) >= 11 is 0. The van der Waals surface area contributed by atoms with Crippen LogP contribution in [0.25, 0.3) is 0 Å². The summed E-state index contributed by atoms with van der Waals surface area (Å²) in [6, 6.07) is 3.53. The molecule has 0 aliphatic carbocycles. The average Bonchev–Trinajstić information content (AvgIpc) is 2.43. The molecule has 0 aliphatic heterocycles. The molecule has 4 nitrogen and oxygen atoms in total. The number of benzene rings is 1. The van der Waals surface area contributed by atoms with Gasteiger partial charge < -0.3 is 15.8 Å². The summed E-state index contributed by atoms with van der Waals surface area (Å²) in [6.45, 7) is 2.05. The molecule has 21 heavy (non-hydrogen) atoms. The minimum atomic E-state index is -4.37. The molecule has 118 valence electrons. The van der Waals surface area contributed by atoms with E-state index in [4.69, 9.17) is 10.5 Å². The van der Waals surface area contributed by atoms with Gasteiger partial charge in [-0.3, -0.25) is 4.79 Å². The molecule has 1 rings (SSSR count). The van der Waals surface area contributed by atoms with Gasteiger partial charge in [0, 0.05) is 13.7 Å². The first kappa shape index (κ1) is 17.5. The first-order valence-electron chi connectivity index (χ1n) is 6.47. The van der Waals surface area contributed by atoms with E-state index >= 15 is 0 Å². The average molecular weight is 304 g/mol. The molecule has 0 radical (unpaired) electrons. The van der Waals surface area contributed by atoms with Crippen molar-refractivity contribution < 1.29 is 22.7 Å². The van der Waals surface area contributed by atoms with Crippen molar-refractivity contribution in [2.24, 2.45) is 5.73 Å². The van der Waals surface area contributed by atoms with Crippen LogP contribution in [0.3, 0.4) is 0 Å². The third-order valence-corrected chi connectivity index (χ3v) is 3.07. The van der Waals surface area contributed by atoms with Crippen molar-refractivity contribution in [2.75, 3.05) is 13.7 Å². The zero-order chi connectivity index (χ0) is 16.0. The Hall–Kier alpha value is -1.60. The summed E-state index contributed by atoms with van der Waals surface area (Å²) < 4.78 is 42.2. The van der Waals surface area contributed by atoms with Crippen LogP contribution in [0.15, 0.2) is 24.3 Å². The number of nitrogens with two attached hydrogens (primary N) is 1. The summed E-state index contributed by atoms with van der Waals surface area (Å²) in [5.41, 5.74) is 5.53. The topological polar surface area (TPSA) is 64.3 Å². The van der Waals surface area contributed by atoms with E-state index in [2.05, 4.69) is 5.32 Å². The van der Waals surface area contributed by atoms with Gasteiger partial charge in [0.05, 0.1) is 17.6 Å². The van der Waals surface area contributed by atoms with Gasteiger partial charge in [-0.05, 0) is 31.0 Å². The molecule has 0 spiro atoms. The molecule has 7 heteroatoms. The first-order chi connectivity index (χ1) is 9.75. The highest BCUT2D eigenvalue weighted by Gasteiger charge is 2.30. The number of carbonyl (C=O) groups is 1. The minimum absolute atomic E-state index is 0.362. The van der Waals surface area contributed by atoms with Crippen molar-refractivity contribution in [3.8, 4) is 0 Å². The highest BCUT2D eigenvalue weighted by atomic mass is 19.4. The van der Waals surface area contributed by atoms with Gasteiger partial charge >= 0.3 is 6.18 Å². The van der Waals surface area contributed by atoms with Crippen LogP contribution in [0, 0.1) is 0 Å². The van der Waals surface area contributed by atoms with E-state index in [9.17, 15) is 18.0 Å². The molecule has 3 N–H and O–H groups in total. The second-order valence-corrected chi connectivity index (χ2v) is 4.74. The van der Waals surface area contributed by atoms with E-state index < -0.39 is 23.8 Å². The van der Waals surface area contributed by atoms with Crippen LogP contribution < -0.4 is 11.1 Å². The smallest absolute Gasteiger partial charge is 0.385 e. The lowest BCUT2D eigenvalue weighted by molar-refractivity contribution is -0.137. The summed E-state index contributed by atoms with van der Waals surface area (Å²) in [6.07, 6.45) is -3.99. The van der Waals surface area contributed by atoms with Crippen molar-refractivity contribution in [3.63, 3.8) is 0 Å². The molecule has 0 aromatic heterocycles. The predicted octanol–water partition coefficient (Wildman–Crippen LogP) is 2.25. The standard InChI is InChI=1S/C14H19F3N2O2/c1-9(19-13(20)12(18)7-8-21-2)10-3-5-11(6-4-10)14(15,16)17/h3-6,9,12H,7-8,18H2,1-2H3,(H,19,20). The van der Waals surface area contributed by atoms with E-state index in [0.29, 0.717) is 18.6 Å². The lowest BCUT2D eigenvalue weighted by Gasteiger charge is -2.18. The molecule has 0 saturated carbocycles. The number of halogens is 3. The van der Waals surface area contributed by atoms with Crippen molar-refractivity contribution in [2.45, 2.75) is 31.6 Å². The number of carbonyl (C=O) groups excluding carboxylic acids is 1. The molecule has 1 amide bonds. The number of amides is 1. The largest absolute Gasteiger partial charge is 0.416 e. The fraction of sp³-hybridized carbons (Fsp3) is 0.500. The monoisotopic (exact) mass is 304 g/mol. The van der Waals surface area contributed by atoms with Crippen LogP contribution in [0.5, 0.6) is 0 Å². The Kier molecular flexibility index (Phi) is 6.17. The Labute approximate surface area is 121 Å². The molecule has 1 aromatic rings. The number of ether oxygens (including phenoxy) is 1. The summed E-state index contributed by atoms with van der Waals surface area (Å²) in [5.74, 6) is -0.362. The SMILES string of the molecule is COCCC(N)C(=O)NC(C)c1ccc(C(F)(F)F)cc1. The number of rotatable bonds is 6. The third kappa shape index (κ3) is 5.35. The summed E-state index contributed by atoms with van der Waals surface area (Å²) in [4.78, 5) is 11.8. The quantitative estimate of drug-likeness (QED) is 0.847. The Bertz CT molecular complexity index is 460. The Morgan fingerprint density at radius 3 is 2.38 bits per heavy atom. The van der Waals surface area contributed by atoms with Crippen LogP contribution in [0.2, 0.25) is 0 Å². The van der Waals surface area contributed by atoms with Crippen LogP contribution >= 0.6 is 0 Å². The first-order valence-corrected chi connectivity index (χ1v) is 6.47. The molecule has 1 aromatic carbocycles. The second-order valence-electron chi connectivity index (χ2n) is 4.74. The van der Waals surface area contributed by atoms with Gasteiger partial charge in [-0.1, -0.05) is 12.1 Å². The molecule has 0 heterocycles.